The molecule has 0 spiro atoms. The molecule has 140 valence electrons. The SMILES string of the molecule is CN1CC(OC(=O)Nc2ccccc2)[N+]([O-])(c2nnc(C(F)(F)F)s2)C1. The summed E-state index contributed by atoms with van der Waals surface area (Å²) in [6.45, 7) is -0.164. The Morgan fingerprint density at radius 3 is 2.69 bits per heavy atom. The maximum Gasteiger partial charge on any atom is 0.445 e. The highest BCUT2D eigenvalue weighted by molar-refractivity contribution is 7.15. The molecule has 0 bridgehead atoms. The summed E-state index contributed by atoms with van der Waals surface area (Å²) in [7, 11) is 1.59. The van der Waals surface area contributed by atoms with Crippen LogP contribution in [0.2, 0.25) is 0 Å². The van der Waals surface area contributed by atoms with E-state index in [0.717, 1.165) is 0 Å². The molecule has 26 heavy (non-hydrogen) atoms. The molecule has 2 aromatic rings. The molecule has 8 nitrogen and oxygen atoms in total. The average molecular weight is 389 g/mol. The van der Waals surface area contributed by atoms with E-state index in [9.17, 15) is 23.2 Å². The lowest BCUT2D eigenvalue weighted by Crippen LogP contribution is -2.51. The van der Waals surface area contributed by atoms with Crippen molar-refractivity contribution in [2.24, 2.45) is 0 Å². The number of amides is 1. The number of halogens is 3. The molecule has 0 aliphatic carbocycles. The number of hydrogen-bond donors (Lipinski definition) is 1. The summed E-state index contributed by atoms with van der Waals surface area (Å²) < 4.78 is 42.0. The largest absolute Gasteiger partial charge is 0.622 e. The Morgan fingerprint density at radius 2 is 2.08 bits per heavy atom. The van der Waals surface area contributed by atoms with E-state index in [1.807, 2.05) is 0 Å². The van der Waals surface area contributed by atoms with Crippen molar-refractivity contribution < 1.29 is 22.7 Å². The quantitative estimate of drug-likeness (QED) is 0.641. The Bertz CT molecular complexity index is 788. The molecule has 1 aliphatic rings. The Labute approximate surface area is 150 Å². The molecule has 2 atom stereocenters. The van der Waals surface area contributed by atoms with Gasteiger partial charge in [-0.2, -0.15) is 13.2 Å². The minimum Gasteiger partial charge on any atom is -0.622 e. The highest BCUT2D eigenvalue weighted by Gasteiger charge is 2.47. The number of benzene rings is 1. The van der Waals surface area contributed by atoms with Crippen LogP contribution >= 0.6 is 11.3 Å². The van der Waals surface area contributed by atoms with Gasteiger partial charge >= 0.3 is 17.4 Å². The number of hydroxylamine groups is 2. The van der Waals surface area contributed by atoms with Crippen LogP contribution < -0.4 is 9.96 Å². The first kappa shape index (κ1) is 18.5. The molecule has 2 unspecified atom stereocenters. The molecule has 3 rings (SSSR count). The highest BCUT2D eigenvalue weighted by Crippen LogP contribution is 2.39. The fraction of sp³-hybridized carbons (Fsp3) is 0.357. The first-order chi connectivity index (χ1) is 12.2. The fourth-order valence-electron chi connectivity index (χ4n) is 2.49. The number of alkyl halides is 3. The number of para-hydroxylation sites is 1. The number of carbonyl (C=O) groups excluding carboxylic acids is 1. The van der Waals surface area contributed by atoms with Crippen LogP contribution in [0.15, 0.2) is 30.3 Å². The Morgan fingerprint density at radius 1 is 1.38 bits per heavy atom. The highest BCUT2D eigenvalue weighted by atomic mass is 32.1. The van der Waals surface area contributed by atoms with E-state index >= 15 is 0 Å². The van der Waals surface area contributed by atoms with Crippen LogP contribution in [0.4, 0.5) is 28.8 Å². The number of aromatic nitrogens is 2. The van der Waals surface area contributed by atoms with Gasteiger partial charge in [-0.05, 0) is 30.5 Å². The molecular weight excluding hydrogens is 375 g/mol. The van der Waals surface area contributed by atoms with Gasteiger partial charge in [0, 0.05) is 5.69 Å². The van der Waals surface area contributed by atoms with Gasteiger partial charge in [0.05, 0.1) is 6.54 Å². The van der Waals surface area contributed by atoms with Crippen LogP contribution in [0.5, 0.6) is 0 Å². The molecule has 1 aliphatic heterocycles. The molecular formula is C14H14F3N5O3S. The second kappa shape index (κ2) is 6.79. The van der Waals surface area contributed by atoms with Crippen LogP contribution in [0, 0.1) is 5.21 Å². The van der Waals surface area contributed by atoms with Crippen LogP contribution in [-0.2, 0) is 10.9 Å². The summed E-state index contributed by atoms with van der Waals surface area (Å²) in [5, 5.41) is 20.3. The Balaban J connectivity index is 1.77. The Kier molecular flexibility index (Phi) is 4.84. The molecule has 1 amide bonds. The van der Waals surface area contributed by atoms with Gasteiger partial charge in [-0.1, -0.05) is 23.3 Å². The number of quaternary nitrogens is 1. The third-order valence-corrected chi connectivity index (χ3v) is 4.71. The van der Waals surface area contributed by atoms with Crippen LogP contribution in [0.1, 0.15) is 5.01 Å². The molecule has 1 aromatic heterocycles. The summed E-state index contributed by atoms with van der Waals surface area (Å²) in [5.74, 6) is 0. The predicted octanol–water partition coefficient (Wildman–Crippen LogP) is 2.84. The predicted molar refractivity (Wildman–Crippen MR) is 87.9 cm³/mol. The number of likely N-dealkylation sites (N-methyl/N-ethyl adjacent to an activating group) is 1. The summed E-state index contributed by atoms with van der Waals surface area (Å²) >= 11 is 0.147. The number of carbonyl (C=O) groups is 1. The van der Waals surface area contributed by atoms with Gasteiger partial charge < -0.3 is 9.94 Å². The van der Waals surface area contributed by atoms with E-state index in [1.54, 1.807) is 42.3 Å². The minimum absolute atomic E-state index is 0.0483. The van der Waals surface area contributed by atoms with Crippen molar-refractivity contribution >= 4 is 28.2 Å². The van der Waals surface area contributed by atoms with E-state index in [-0.39, 0.29) is 24.6 Å². The number of anilines is 1. The maximum atomic E-state index is 13.1. The monoisotopic (exact) mass is 389 g/mol. The van der Waals surface area contributed by atoms with Crippen molar-refractivity contribution in [3.8, 4) is 0 Å². The third kappa shape index (κ3) is 3.77. The maximum absolute atomic E-state index is 13.1. The Hall–Kier alpha value is -2.28. The van der Waals surface area contributed by atoms with Gasteiger partial charge in [0.25, 0.3) is 6.23 Å². The number of ether oxygens (including phenoxy) is 1. The molecule has 1 aromatic carbocycles. The lowest BCUT2D eigenvalue weighted by Gasteiger charge is -2.38. The van der Waals surface area contributed by atoms with E-state index in [0.29, 0.717) is 5.69 Å². The minimum atomic E-state index is -4.69. The van der Waals surface area contributed by atoms with Crippen molar-refractivity contribution in [2.45, 2.75) is 12.4 Å². The van der Waals surface area contributed by atoms with Gasteiger partial charge in [0.15, 0.2) is 0 Å². The lowest BCUT2D eigenvalue weighted by molar-refractivity contribution is -0.138. The second-order valence-electron chi connectivity index (χ2n) is 5.71. The van der Waals surface area contributed by atoms with Crippen molar-refractivity contribution in [1.29, 1.82) is 0 Å². The summed E-state index contributed by atoms with van der Waals surface area (Å²) in [4.78, 5) is 13.6. The van der Waals surface area contributed by atoms with Gasteiger partial charge in [0.1, 0.15) is 6.67 Å². The zero-order chi connectivity index (χ0) is 18.9. The molecule has 1 fully saturated rings. The molecule has 1 N–H and O–H groups in total. The van der Waals surface area contributed by atoms with Gasteiger partial charge in [-0.25, -0.2) is 9.69 Å². The van der Waals surface area contributed by atoms with Crippen LogP contribution in [0.25, 0.3) is 0 Å². The zero-order valence-electron chi connectivity index (χ0n) is 13.4. The summed E-state index contributed by atoms with van der Waals surface area (Å²) in [5.41, 5.74) is 0.461. The smallest absolute Gasteiger partial charge is 0.445 e. The van der Waals surface area contributed by atoms with Gasteiger partial charge in [0.2, 0.25) is 5.01 Å². The molecule has 0 radical (unpaired) electrons. The standard InChI is InChI=1S/C14H14F3N5O3S/c1-21-7-10(25-13(23)18-9-5-3-2-4-6-9)22(24,8-21)12-20-19-11(26-12)14(15,16)17/h2-6,10H,7-8H2,1H3,(H,18,23). The van der Waals surface area contributed by atoms with E-state index in [4.69, 9.17) is 4.74 Å². The third-order valence-electron chi connectivity index (χ3n) is 3.63. The number of nitrogens with one attached hydrogen (secondary N) is 1. The summed E-state index contributed by atoms with van der Waals surface area (Å²) in [6, 6.07) is 8.42. The topological polar surface area (TPSA) is 90.4 Å². The van der Waals surface area contributed by atoms with Gasteiger partial charge in [-0.15, -0.1) is 5.10 Å². The zero-order valence-corrected chi connectivity index (χ0v) is 14.3. The van der Waals surface area contributed by atoms with Crippen LogP contribution in [-0.4, -0.2) is 47.7 Å². The summed E-state index contributed by atoms with van der Waals surface area (Å²) in [6.07, 6.45) is -6.84. The molecule has 1 saturated heterocycles. The van der Waals surface area contributed by atoms with E-state index in [1.165, 1.54) is 0 Å². The number of hydrogen-bond acceptors (Lipinski definition) is 7. The fourth-order valence-corrected chi connectivity index (χ4v) is 3.27. The first-order valence-electron chi connectivity index (χ1n) is 7.40. The average Bonchev–Trinajstić information content (AvgIpc) is 3.14. The van der Waals surface area contributed by atoms with Crippen molar-refractivity contribution in [1.82, 2.24) is 19.7 Å². The molecule has 12 heteroatoms. The number of nitrogens with zero attached hydrogens (tertiary/aromatic N) is 4. The number of rotatable bonds is 3. The van der Waals surface area contributed by atoms with Crippen molar-refractivity contribution in [3.05, 3.63) is 40.5 Å². The first-order valence-corrected chi connectivity index (χ1v) is 8.21. The van der Waals surface area contributed by atoms with Crippen LogP contribution in [0.3, 0.4) is 0 Å². The van der Waals surface area contributed by atoms with Crippen molar-refractivity contribution in [2.75, 3.05) is 25.6 Å². The second-order valence-corrected chi connectivity index (χ2v) is 6.67. The van der Waals surface area contributed by atoms with Crippen molar-refractivity contribution in [3.63, 3.8) is 0 Å². The lowest BCUT2D eigenvalue weighted by atomic mass is 10.3. The van der Waals surface area contributed by atoms with E-state index < -0.39 is 33.3 Å². The van der Waals surface area contributed by atoms with Gasteiger partial charge in [-0.3, -0.25) is 9.96 Å². The van der Waals surface area contributed by atoms with E-state index in [2.05, 4.69) is 15.5 Å². The molecule has 0 saturated carbocycles. The normalized spacial score (nSPS) is 23.8. The molecule has 2 heterocycles.